The van der Waals surface area contributed by atoms with Crippen molar-refractivity contribution >= 4 is 29.1 Å². The second kappa shape index (κ2) is 11.0. The van der Waals surface area contributed by atoms with Crippen molar-refractivity contribution in [2.24, 2.45) is 0 Å². The van der Waals surface area contributed by atoms with Gasteiger partial charge in [-0.25, -0.2) is 4.39 Å². The maximum absolute atomic E-state index is 13.5. The van der Waals surface area contributed by atoms with Crippen LogP contribution in [0.5, 0.6) is 0 Å². The Labute approximate surface area is 199 Å². The molecule has 0 unspecified atom stereocenters. The first kappa shape index (κ1) is 25.6. The van der Waals surface area contributed by atoms with Crippen LogP contribution in [0.15, 0.2) is 72.8 Å². The Kier molecular flexibility index (Phi) is 8.03. The van der Waals surface area contributed by atoms with E-state index in [1.54, 1.807) is 6.08 Å². The number of carbonyl (C=O) groups is 2. The largest absolute Gasteiger partial charge is 0.417 e. The van der Waals surface area contributed by atoms with Crippen LogP contribution in [0.3, 0.4) is 0 Å². The maximum Gasteiger partial charge on any atom is 0.417 e. The number of aliphatic hydroxyl groups excluding tert-OH is 1. The number of halogens is 4. The highest BCUT2D eigenvalue weighted by atomic mass is 19.4. The van der Waals surface area contributed by atoms with Crippen molar-refractivity contribution in [1.29, 1.82) is 0 Å². The zero-order chi connectivity index (χ0) is 25.6. The first-order chi connectivity index (χ1) is 16.6. The van der Waals surface area contributed by atoms with Gasteiger partial charge in [-0.05, 0) is 66.2 Å². The number of alkyl halides is 3. The van der Waals surface area contributed by atoms with Crippen LogP contribution in [-0.4, -0.2) is 37.0 Å². The maximum atomic E-state index is 13.5. The molecule has 3 aromatic rings. The molecule has 0 aliphatic heterocycles. The predicted molar refractivity (Wildman–Crippen MR) is 126 cm³/mol. The number of nitrogens with zero attached hydrogens (tertiary/aromatic N) is 1. The lowest BCUT2D eigenvalue weighted by Gasteiger charge is -2.17. The van der Waals surface area contributed by atoms with Gasteiger partial charge >= 0.3 is 6.18 Å². The second-order valence-electron chi connectivity index (χ2n) is 7.65. The molecule has 0 atom stereocenters. The molecule has 0 saturated heterocycles. The summed E-state index contributed by atoms with van der Waals surface area (Å²) in [7, 11) is 1.85. The number of likely N-dealkylation sites (N-methyl/N-ethyl adjacent to an activating group) is 1. The number of allylic oxidation sites excluding steroid dienone is 1. The van der Waals surface area contributed by atoms with Gasteiger partial charge in [0.15, 0.2) is 5.78 Å². The SMILES string of the molecule is CN(CCO)c1ccc(/C=C/C(=O)c2ccc(NC(=O)c3cc(F)ccc3C(F)(F)F)cc2)cc1. The van der Waals surface area contributed by atoms with Gasteiger partial charge in [-0.1, -0.05) is 18.2 Å². The van der Waals surface area contributed by atoms with Gasteiger partial charge in [0.25, 0.3) is 5.91 Å². The van der Waals surface area contributed by atoms with Crippen LogP contribution in [0.4, 0.5) is 28.9 Å². The molecule has 182 valence electrons. The highest BCUT2D eigenvalue weighted by molar-refractivity contribution is 6.08. The van der Waals surface area contributed by atoms with E-state index in [0.29, 0.717) is 30.3 Å². The van der Waals surface area contributed by atoms with E-state index in [0.717, 1.165) is 11.3 Å². The Morgan fingerprint density at radius 1 is 1.00 bits per heavy atom. The van der Waals surface area contributed by atoms with Gasteiger partial charge < -0.3 is 15.3 Å². The second-order valence-corrected chi connectivity index (χ2v) is 7.65. The number of nitrogens with one attached hydrogen (secondary N) is 1. The molecule has 0 aliphatic carbocycles. The molecule has 0 fully saturated rings. The molecule has 3 rings (SSSR count). The summed E-state index contributed by atoms with van der Waals surface area (Å²) in [6.45, 7) is 0.532. The highest BCUT2D eigenvalue weighted by Crippen LogP contribution is 2.32. The Bertz CT molecular complexity index is 1220. The summed E-state index contributed by atoms with van der Waals surface area (Å²) < 4.78 is 52.9. The molecule has 3 aromatic carbocycles. The average Bonchev–Trinajstić information content (AvgIpc) is 2.82. The number of amides is 1. The van der Waals surface area contributed by atoms with E-state index < -0.39 is 29.0 Å². The van der Waals surface area contributed by atoms with Crippen LogP contribution in [-0.2, 0) is 6.18 Å². The van der Waals surface area contributed by atoms with E-state index in [1.807, 2.05) is 36.2 Å². The van der Waals surface area contributed by atoms with Gasteiger partial charge in [0.05, 0.1) is 17.7 Å². The number of hydrogen-bond acceptors (Lipinski definition) is 4. The van der Waals surface area contributed by atoms with E-state index in [4.69, 9.17) is 5.11 Å². The Morgan fingerprint density at radius 2 is 1.66 bits per heavy atom. The summed E-state index contributed by atoms with van der Waals surface area (Å²) in [5, 5.41) is 11.3. The summed E-state index contributed by atoms with van der Waals surface area (Å²) in [5.74, 6) is -2.40. The van der Waals surface area contributed by atoms with Crippen molar-refractivity contribution in [1.82, 2.24) is 0 Å². The van der Waals surface area contributed by atoms with Crippen LogP contribution >= 0.6 is 0 Å². The number of hydrogen-bond donors (Lipinski definition) is 2. The number of carbonyl (C=O) groups excluding carboxylic acids is 2. The molecular weight excluding hydrogens is 464 g/mol. The molecule has 1 amide bonds. The predicted octanol–water partition coefficient (Wildman–Crippen LogP) is 5.42. The van der Waals surface area contributed by atoms with Gasteiger partial charge in [-0.15, -0.1) is 0 Å². The smallest absolute Gasteiger partial charge is 0.395 e. The molecule has 0 bridgehead atoms. The van der Waals surface area contributed by atoms with Gasteiger partial charge in [-0.3, -0.25) is 9.59 Å². The third kappa shape index (κ3) is 6.77. The zero-order valence-electron chi connectivity index (χ0n) is 18.6. The van der Waals surface area contributed by atoms with E-state index in [2.05, 4.69) is 5.32 Å². The van der Waals surface area contributed by atoms with Crippen molar-refractivity contribution in [3.05, 3.63) is 101 Å². The average molecular weight is 486 g/mol. The van der Waals surface area contributed by atoms with Crippen molar-refractivity contribution in [3.8, 4) is 0 Å². The first-order valence-corrected chi connectivity index (χ1v) is 10.5. The minimum absolute atomic E-state index is 0.0362. The van der Waals surface area contributed by atoms with E-state index in [1.165, 1.54) is 30.3 Å². The molecule has 0 saturated carbocycles. The molecule has 35 heavy (non-hydrogen) atoms. The molecular formula is C26H22F4N2O3. The summed E-state index contributed by atoms with van der Waals surface area (Å²) >= 11 is 0. The summed E-state index contributed by atoms with van der Waals surface area (Å²) in [4.78, 5) is 26.7. The third-order valence-electron chi connectivity index (χ3n) is 5.16. The fraction of sp³-hybridized carbons (Fsp3) is 0.154. The molecule has 9 heteroatoms. The highest BCUT2D eigenvalue weighted by Gasteiger charge is 2.35. The fourth-order valence-corrected chi connectivity index (χ4v) is 3.25. The monoisotopic (exact) mass is 486 g/mol. The normalized spacial score (nSPS) is 11.5. The van der Waals surface area contributed by atoms with Gasteiger partial charge in [0.1, 0.15) is 5.82 Å². The lowest BCUT2D eigenvalue weighted by Crippen LogP contribution is -2.20. The van der Waals surface area contributed by atoms with Crippen LogP contribution in [0.1, 0.15) is 31.8 Å². The Balaban J connectivity index is 1.67. The van der Waals surface area contributed by atoms with E-state index >= 15 is 0 Å². The summed E-state index contributed by atoms with van der Waals surface area (Å²) in [6.07, 6.45) is -1.81. The fourth-order valence-electron chi connectivity index (χ4n) is 3.25. The number of ketones is 1. The molecule has 0 aliphatic rings. The quantitative estimate of drug-likeness (QED) is 0.253. The lowest BCUT2D eigenvalue weighted by molar-refractivity contribution is -0.137. The standard InChI is InChI=1S/C26H22F4N2O3/c1-32(14-15-33)21-10-2-17(3-11-21)4-13-24(34)18-5-8-20(9-6-18)31-25(35)22-16-19(27)7-12-23(22)26(28,29)30/h2-13,16,33H,14-15H2,1H3,(H,31,35)/b13-4+. The van der Waals surface area contributed by atoms with Crippen molar-refractivity contribution in [2.75, 3.05) is 30.4 Å². The van der Waals surface area contributed by atoms with Gasteiger partial charge in [0.2, 0.25) is 0 Å². The van der Waals surface area contributed by atoms with E-state index in [-0.39, 0.29) is 18.1 Å². The van der Waals surface area contributed by atoms with Crippen LogP contribution < -0.4 is 10.2 Å². The van der Waals surface area contributed by atoms with Crippen LogP contribution in [0, 0.1) is 5.82 Å². The topological polar surface area (TPSA) is 69.6 Å². The van der Waals surface area contributed by atoms with E-state index in [9.17, 15) is 27.2 Å². The van der Waals surface area contributed by atoms with Gasteiger partial charge in [0, 0.05) is 30.5 Å². The van der Waals surface area contributed by atoms with Crippen molar-refractivity contribution in [3.63, 3.8) is 0 Å². The van der Waals surface area contributed by atoms with Crippen molar-refractivity contribution in [2.45, 2.75) is 6.18 Å². The molecule has 0 heterocycles. The molecule has 0 aromatic heterocycles. The molecule has 2 N–H and O–H groups in total. The number of benzene rings is 3. The molecule has 5 nitrogen and oxygen atoms in total. The number of anilines is 2. The zero-order valence-corrected chi connectivity index (χ0v) is 18.6. The van der Waals surface area contributed by atoms with Gasteiger partial charge in [-0.2, -0.15) is 13.2 Å². The lowest BCUT2D eigenvalue weighted by atomic mass is 10.1. The minimum Gasteiger partial charge on any atom is -0.395 e. The first-order valence-electron chi connectivity index (χ1n) is 10.5. The third-order valence-corrected chi connectivity index (χ3v) is 5.16. The Morgan fingerprint density at radius 3 is 2.26 bits per heavy atom. The molecule has 0 spiro atoms. The number of rotatable bonds is 8. The summed E-state index contributed by atoms with van der Waals surface area (Å²) in [5.41, 5.74) is 0.0751. The Hall–Kier alpha value is -3.98. The van der Waals surface area contributed by atoms with Crippen molar-refractivity contribution < 1.29 is 32.3 Å². The number of aliphatic hydroxyl groups is 1. The summed E-state index contributed by atoms with van der Waals surface area (Å²) in [6, 6.07) is 14.6. The molecule has 0 radical (unpaired) electrons. The van der Waals surface area contributed by atoms with Crippen LogP contribution in [0.2, 0.25) is 0 Å². The van der Waals surface area contributed by atoms with Crippen LogP contribution in [0.25, 0.3) is 6.08 Å². The minimum atomic E-state index is -4.82.